The zero-order valence-corrected chi connectivity index (χ0v) is 20.0. The Balaban J connectivity index is 2.46. The van der Waals surface area contributed by atoms with Crippen molar-refractivity contribution in [2.24, 2.45) is 0 Å². The lowest BCUT2D eigenvalue weighted by Crippen LogP contribution is -2.52. The van der Waals surface area contributed by atoms with Crippen LogP contribution in [-0.4, -0.2) is 50.5 Å². The first-order valence-electron chi connectivity index (χ1n) is 10.6. The Labute approximate surface area is 197 Å². The van der Waals surface area contributed by atoms with Crippen LogP contribution in [0.25, 0.3) is 0 Å². The smallest absolute Gasteiger partial charge is 0.355 e. The van der Waals surface area contributed by atoms with E-state index in [0.29, 0.717) is 22.5 Å². The molecule has 0 spiro atoms. The van der Waals surface area contributed by atoms with Gasteiger partial charge in [0.1, 0.15) is 12.6 Å². The highest BCUT2D eigenvalue weighted by atomic mass is 32.2. The minimum absolute atomic E-state index is 0.0233. The van der Waals surface area contributed by atoms with Crippen LogP contribution in [0.4, 0.5) is 18.9 Å². The third kappa shape index (κ3) is 7.21. The molecule has 7 nitrogen and oxygen atoms in total. The molecule has 1 atom stereocenters. The van der Waals surface area contributed by atoms with Gasteiger partial charge in [-0.3, -0.25) is 13.9 Å². The van der Waals surface area contributed by atoms with Crippen LogP contribution in [0.15, 0.2) is 54.6 Å². The Morgan fingerprint density at radius 2 is 1.68 bits per heavy atom. The van der Waals surface area contributed by atoms with Gasteiger partial charge in [-0.25, -0.2) is 8.42 Å². The van der Waals surface area contributed by atoms with E-state index >= 15 is 0 Å². The zero-order chi connectivity index (χ0) is 25.5. The van der Waals surface area contributed by atoms with E-state index in [4.69, 9.17) is 0 Å². The molecule has 34 heavy (non-hydrogen) atoms. The number of rotatable bonds is 10. The highest BCUT2D eigenvalue weighted by Gasteiger charge is 2.34. The fourth-order valence-corrected chi connectivity index (χ4v) is 4.28. The summed E-state index contributed by atoms with van der Waals surface area (Å²) >= 11 is 0. The van der Waals surface area contributed by atoms with Crippen molar-refractivity contribution in [2.75, 3.05) is 23.7 Å². The van der Waals surface area contributed by atoms with Crippen LogP contribution in [0.1, 0.15) is 31.4 Å². The van der Waals surface area contributed by atoms with Crippen LogP contribution < -0.4 is 9.62 Å². The minimum Gasteiger partial charge on any atom is -0.355 e. The molecule has 2 rings (SSSR count). The van der Waals surface area contributed by atoms with Gasteiger partial charge in [-0.15, -0.1) is 0 Å². The second-order valence-electron chi connectivity index (χ2n) is 7.64. The number of amides is 2. The number of anilines is 1. The van der Waals surface area contributed by atoms with E-state index in [1.807, 2.05) is 0 Å². The summed E-state index contributed by atoms with van der Waals surface area (Å²) in [5, 5.41) is 2.67. The molecule has 0 aliphatic heterocycles. The summed E-state index contributed by atoms with van der Waals surface area (Å²) in [6.45, 7) is 3.04. The molecule has 0 aliphatic carbocycles. The Kier molecular flexibility index (Phi) is 9.08. The van der Waals surface area contributed by atoms with E-state index in [2.05, 4.69) is 5.32 Å². The Morgan fingerprint density at radius 3 is 2.21 bits per heavy atom. The van der Waals surface area contributed by atoms with Crippen LogP contribution in [0.2, 0.25) is 0 Å². The fraction of sp³-hybridized carbons (Fsp3) is 0.391. The molecule has 0 unspecified atom stereocenters. The lowest BCUT2D eigenvalue weighted by atomic mass is 10.1. The predicted molar refractivity (Wildman–Crippen MR) is 123 cm³/mol. The largest absolute Gasteiger partial charge is 0.416 e. The second kappa shape index (κ2) is 11.4. The average molecular weight is 500 g/mol. The highest BCUT2D eigenvalue weighted by Crippen LogP contribution is 2.32. The van der Waals surface area contributed by atoms with Crippen molar-refractivity contribution in [2.45, 2.75) is 39.0 Å². The number of likely N-dealkylation sites (N-methyl/N-ethyl adjacent to an activating group) is 1. The topological polar surface area (TPSA) is 86.8 Å². The average Bonchev–Trinajstić information content (AvgIpc) is 2.76. The minimum atomic E-state index is -4.69. The number of carbonyl (C=O) groups is 2. The summed E-state index contributed by atoms with van der Waals surface area (Å²) in [6, 6.07) is 11.7. The number of carbonyl (C=O) groups excluding carboxylic acids is 2. The van der Waals surface area contributed by atoms with Gasteiger partial charge in [0.25, 0.3) is 0 Å². The monoisotopic (exact) mass is 499 g/mol. The third-order valence-corrected chi connectivity index (χ3v) is 6.21. The van der Waals surface area contributed by atoms with Crippen LogP contribution in [0.5, 0.6) is 0 Å². The van der Waals surface area contributed by atoms with E-state index < -0.39 is 46.2 Å². The molecule has 2 aromatic rings. The van der Waals surface area contributed by atoms with E-state index in [0.717, 1.165) is 18.4 Å². The molecule has 11 heteroatoms. The molecule has 0 aromatic heterocycles. The molecule has 2 amide bonds. The molecular formula is C23H28F3N3O4S. The normalized spacial score (nSPS) is 12.6. The van der Waals surface area contributed by atoms with Gasteiger partial charge < -0.3 is 10.2 Å². The molecule has 2 aromatic carbocycles. The van der Waals surface area contributed by atoms with E-state index in [9.17, 15) is 31.2 Å². The lowest BCUT2D eigenvalue weighted by molar-refractivity contribution is -0.140. The zero-order valence-electron chi connectivity index (χ0n) is 19.2. The highest BCUT2D eigenvalue weighted by molar-refractivity contribution is 7.92. The number of nitrogens with zero attached hydrogens (tertiary/aromatic N) is 2. The van der Waals surface area contributed by atoms with Crippen molar-refractivity contribution in [3.63, 3.8) is 0 Å². The van der Waals surface area contributed by atoms with Gasteiger partial charge in [-0.2, -0.15) is 13.2 Å². The maximum absolute atomic E-state index is 13.4. The fourth-order valence-electron chi connectivity index (χ4n) is 3.44. The van der Waals surface area contributed by atoms with E-state index in [1.54, 1.807) is 44.2 Å². The summed E-state index contributed by atoms with van der Waals surface area (Å²) in [4.78, 5) is 27.3. The number of halogens is 3. The van der Waals surface area contributed by atoms with Crippen molar-refractivity contribution in [1.29, 1.82) is 0 Å². The predicted octanol–water partition coefficient (Wildman–Crippen LogP) is 3.41. The molecular weight excluding hydrogens is 471 g/mol. The number of hydrogen-bond donors (Lipinski definition) is 1. The molecule has 1 N–H and O–H groups in total. The van der Waals surface area contributed by atoms with Gasteiger partial charge >= 0.3 is 6.18 Å². The van der Waals surface area contributed by atoms with Crippen LogP contribution in [0.3, 0.4) is 0 Å². The van der Waals surface area contributed by atoms with Crippen molar-refractivity contribution >= 4 is 27.5 Å². The van der Waals surface area contributed by atoms with Gasteiger partial charge in [0.15, 0.2) is 0 Å². The van der Waals surface area contributed by atoms with E-state index in [1.165, 1.54) is 11.0 Å². The van der Waals surface area contributed by atoms with Gasteiger partial charge in [0.05, 0.1) is 17.5 Å². The standard InChI is InChI=1S/C23H28F3N3O4S/c1-4-20(22(31)27-5-2)28(15-17-10-7-6-8-11-17)21(30)16-29(34(3,32)33)19-13-9-12-18(14-19)23(24,25)26/h6-14,20H,4-5,15-16H2,1-3H3,(H,27,31)/t20-/m0/s1. The quantitative estimate of drug-likeness (QED) is 0.543. The van der Waals surface area contributed by atoms with Gasteiger partial charge in [0, 0.05) is 13.1 Å². The van der Waals surface area contributed by atoms with Gasteiger partial charge in [-0.05, 0) is 37.1 Å². The van der Waals surface area contributed by atoms with Gasteiger partial charge in [-0.1, -0.05) is 43.3 Å². The number of sulfonamides is 1. The third-order valence-electron chi connectivity index (χ3n) is 5.07. The molecule has 0 heterocycles. The molecule has 0 radical (unpaired) electrons. The molecule has 0 aliphatic rings. The molecule has 0 saturated heterocycles. The maximum atomic E-state index is 13.4. The molecule has 186 valence electrons. The number of nitrogens with one attached hydrogen (secondary N) is 1. The summed E-state index contributed by atoms with van der Waals surface area (Å²) in [5.74, 6) is -1.12. The van der Waals surface area contributed by atoms with Gasteiger partial charge in [0.2, 0.25) is 21.8 Å². The Hall–Kier alpha value is -3.08. The first-order chi connectivity index (χ1) is 15.9. The summed E-state index contributed by atoms with van der Waals surface area (Å²) < 4.78 is 65.1. The van der Waals surface area contributed by atoms with Crippen molar-refractivity contribution < 1.29 is 31.2 Å². The van der Waals surface area contributed by atoms with Crippen molar-refractivity contribution in [3.8, 4) is 0 Å². The summed E-state index contributed by atoms with van der Waals surface area (Å²) in [5.41, 5.74) is -0.624. The van der Waals surface area contributed by atoms with Crippen molar-refractivity contribution in [3.05, 3.63) is 65.7 Å². The molecule has 0 fully saturated rings. The molecule has 0 saturated carbocycles. The van der Waals surface area contributed by atoms with Crippen LogP contribution in [-0.2, 0) is 32.3 Å². The van der Waals surface area contributed by atoms with Crippen molar-refractivity contribution in [1.82, 2.24) is 10.2 Å². The first kappa shape index (κ1) is 27.2. The SMILES string of the molecule is CCNC(=O)[C@H](CC)N(Cc1ccccc1)C(=O)CN(c1cccc(C(F)(F)F)c1)S(C)(=O)=O. The lowest BCUT2D eigenvalue weighted by Gasteiger charge is -2.32. The maximum Gasteiger partial charge on any atom is 0.416 e. The van der Waals surface area contributed by atoms with Crippen LogP contribution in [0, 0.1) is 0 Å². The van der Waals surface area contributed by atoms with Crippen LogP contribution >= 0.6 is 0 Å². The Morgan fingerprint density at radius 1 is 1.03 bits per heavy atom. The first-order valence-corrected chi connectivity index (χ1v) is 12.5. The number of alkyl halides is 3. The number of hydrogen-bond acceptors (Lipinski definition) is 4. The second-order valence-corrected chi connectivity index (χ2v) is 9.55. The molecule has 0 bridgehead atoms. The van der Waals surface area contributed by atoms with E-state index in [-0.39, 0.29) is 18.7 Å². The summed E-state index contributed by atoms with van der Waals surface area (Å²) in [7, 11) is -4.13. The summed E-state index contributed by atoms with van der Waals surface area (Å²) in [6.07, 6.45) is -3.62. The number of benzene rings is 2. The Bertz CT molecular complexity index is 1090.